The molecule has 0 bridgehead atoms. The normalized spacial score (nSPS) is 10.3. The van der Waals surface area contributed by atoms with Gasteiger partial charge in [0.25, 0.3) is 0 Å². The highest BCUT2D eigenvalue weighted by atomic mass is 16.5. The first kappa shape index (κ1) is 24.4. The summed E-state index contributed by atoms with van der Waals surface area (Å²) in [5, 5.41) is 2.76. The van der Waals surface area contributed by atoms with Crippen LogP contribution in [0.5, 0.6) is 5.75 Å². The Hall–Kier alpha value is -4.26. The summed E-state index contributed by atoms with van der Waals surface area (Å²) in [6.07, 6.45) is -0.194. The molecule has 0 heterocycles. The van der Waals surface area contributed by atoms with Crippen molar-refractivity contribution in [2.45, 2.75) is 26.7 Å². The minimum Gasteiger partial charge on any atom is -0.457 e. The summed E-state index contributed by atoms with van der Waals surface area (Å²) in [4.78, 5) is 48.4. The number of aryl methyl sites for hydroxylation is 2. The van der Waals surface area contributed by atoms with Crippen molar-refractivity contribution < 1.29 is 28.7 Å². The van der Waals surface area contributed by atoms with Crippen LogP contribution in [0, 0.1) is 13.8 Å². The van der Waals surface area contributed by atoms with Crippen LogP contribution >= 0.6 is 0 Å². The quantitative estimate of drug-likeness (QED) is 0.284. The van der Waals surface area contributed by atoms with E-state index in [1.165, 1.54) is 24.3 Å². The molecule has 7 nitrogen and oxygen atoms in total. The number of nitrogens with one attached hydrogen (secondary N) is 1. The van der Waals surface area contributed by atoms with Gasteiger partial charge in [0.2, 0.25) is 5.91 Å². The summed E-state index contributed by atoms with van der Waals surface area (Å²) < 4.78 is 10.3. The van der Waals surface area contributed by atoms with Gasteiger partial charge in [0.05, 0.1) is 12.0 Å². The fraction of sp³-hybridized carbons (Fsp3) is 0.185. The van der Waals surface area contributed by atoms with Crippen molar-refractivity contribution in [3.05, 3.63) is 95.1 Å². The molecule has 0 fully saturated rings. The first-order chi connectivity index (χ1) is 16.3. The summed E-state index contributed by atoms with van der Waals surface area (Å²) >= 11 is 0. The molecule has 0 aromatic heterocycles. The lowest BCUT2D eigenvalue weighted by molar-refractivity contribution is -0.143. The maximum atomic E-state index is 12.3. The van der Waals surface area contributed by atoms with E-state index in [1.807, 2.05) is 32.0 Å². The molecule has 0 saturated carbocycles. The molecule has 0 aliphatic heterocycles. The molecule has 0 unspecified atom stereocenters. The molecule has 0 atom stereocenters. The van der Waals surface area contributed by atoms with Crippen LogP contribution < -0.4 is 10.1 Å². The Morgan fingerprint density at radius 1 is 0.794 bits per heavy atom. The highest BCUT2D eigenvalue weighted by Crippen LogP contribution is 2.17. The number of hydrogen-bond donors (Lipinski definition) is 1. The van der Waals surface area contributed by atoms with Crippen LogP contribution in [0.1, 0.15) is 44.7 Å². The minimum absolute atomic E-state index is 0.0538. The number of rotatable bonds is 9. The number of esters is 2. The van der Waals surface area contributed by atoms with Crippen molar-refractivity contribution in [2.75, 3.05) is 11.9 Å². The van der Waals surface area contributed by atoms with Gasteiger partial charge < -0.3 is 14.8 Å². The smallest absolute Gasteiger partial charge is 0.343 e. The zero-order valence-electron chi connectivity index (χ0n) is 19.0. The van der Waals surface area contributed by atoms with E-state index in [0.29, 0.717) is 16.8 Å². The number of ketones is 1. The first-order valence-electron chi connectivity index (χ1n) is 10.7. The van der Waals surface area contributed by atoms with Crippen molar-refractivity contribution in [3.63, 3.8) is 0 Å². The number of Topliss-reactive ketones (excluding diaryl/α,β-unsaturated/α-hetero) is 1. The third-order valence-corrected chi connectivity index (χ3v) is 4.97. The standard InChI is InChI=1S/C27H25NO6/c1-18-8-13-23(19(2)16-18)28-25(30)14-15-26(31)33-17-24(29)20-9-11-22(12-10-20)34-27(32)21-6-4-3-5-7-21/h3-13,16H,14-15,17H2,1-2H3,(H,28,30). The number of carbonyl (C=O) groups excluding carboxylic acids is 4. The molecule has 3 aromatic rings. The predicted octanol–water partition coefficient (Wildman–Crippen LogP) is 4.67. The number of hydrogen-bond acceptors (Lipinski definition) is 6. The van der Waals surface area contributed by atoms with Crippen LogP contribution in [0.25, 0.3) is 0 Å². The molecule has 3 rings (SSSR count). The van der Waals surface area contributed by atoms with Crippen LogP contribution in [0.15, 0.2) is 72.8 Å². The number of benzene rings is 3. The van der Waals surface area contributed by atoms with E-state index in [4.69, 9.17) is 9.47 Å². The lowest BCUT2D eigenvalue weighted by Crippen LogP contribution is -2.17. The Labute approximate surface area is 197 Å². The minimum atomic E-state index is -0.641. The molecule has 7 heteroatoms. The van der Waals surface area contributed by atoms with Gasteiger partial charge in [-0.1, -0.05) is 35.9 Å². The van der Waals surface area contributed by atoms with Crippen molar-refractivity contribution in [3.8, 4) is 5.75 Å². The SMILES string of the molecule is Cc1ccc(NC(=O)CCC(=O)OCC(=O)c2ccc(OC(=O)c3ccccc3)cc2)c(C)c1. The van der Waals surface area contributed by atoms with Crippen molar-refractivity contribution in [2.24, 2.45) is 0 Å². The Bertz CT molecular complexity index is 1190. The molecular formula is C27H25NO6. The average Bonchev–Trinajstić information content (AvgIpc) is 2.84. The number of carbonyl (C=O) groups is 4. The molecule has 0 aliphatic carbocycles. The largest absolute Gasteiger partial charge is 0.457 e. The summed E-state index contributed by atoms with van der Waals surface area (Å²) in [6.45, 7) is 3.41. The van der Waals surface area contributed by atoms with Gasteiger partial charge in [0.15, 0.2) is 12.4 Å². The second-order valence-electron chi connectivity index (χ2n) is 7.73. The maximum absolute atomic E-state index is 12.3. The Morgan fingerprint density at radius 3 is 2.18 bits per heavy atom. The first-order valence-corrected chi connectivity index (χ1v) is 10.7. The summed E-state index contributed by atoms with van der Waals surface area (Å²) in [6, 6.07) is 20.2. The van der Waals surface area contributed by atoms with Crippen molar-refractivity contribution in [1.29, 1.82) is 0 Å². The fourth-order valence-corrected chi connectivity index (χ4v) is 3.13. The fourth-order valence-electron chi connectivity index (χ4n) is 3.13. The highest BCUT2D eigenvalue weighted by molar-refractivity contribution is 5.98. The van der Waals surface area contributed by atoms with Gasteiger partial charge >= 0.3 is 11.9 Å². The zero-order chi connectivity index (χ0) is 24.5. The van der Waals surface area contributed by atoms with Gasteiger partial charge in [0, 0.05) is 17.7 Å². The lowest BCUT2D eigenvalue weighted by atomic mass is 10.1. The predicted molar refractivity (Wildman–Crippen MR) is 127 cm³/mol. The summed E-state index contributed by atoms with van der Waals surface area (Å²) in [5.41, 5.74) is 3.43. The van der Waals surface area contributed by atoms with Gasteiger partial charge in [-0.05, 0) is 61.9 Å². The highest BCUT2D eigenvalue weighted by Gasteiger charge is 2.14. The van der Waals surface area contributed by atoms with Gasteiger partial charge in [-0.2, -0.15) is 0 Å². The summed E-state index contributed by atoms with van der Waals surface area (Å²) in [7, 11) is 0. The van der Waals surface area contributed by atoms with E-state index in [9.17, 15) is 19.2 Å². The molecule has 3 aromatic carbocycles. The number of ether oxygens (including phenoxy) is 2. The Morgan fingerprint density at radius 2 is 1.50 bits per heavy atom. The van der Waals surface area contributed by atoms with Gasteiger partial charge in [-0.25, -0.2) is 4.79 Å². The third-order valence-electron chi connectivity index (χ3n) is 4.97. The Kier molecular flexibility index (Phi) is 8.29. The second kappa shape index (κ2) is 11.6. The molecular weight excluding hydrogens is 434 g/mol. The zero-order valence-corrected chi connectivity index (χ0v) is 19.0. The van der Waals surface area contributed by atoms with Crippen molar-refractivity contribution in [1.82, 2.24) is 0 Å². The molecule has 174 valence electrons. The Balaban J connectivity index is 1.41. The second-order valence-corrected chi connectivity index (χ2v) is 7.73. The van der Waals surface area contributed by atoms with E-state index in [-0.39, 0.29) is 24.5 Å². The average molecular weight is 459 g/mol. The molecule has 34 heavy (non-hydrogen) atoms. The van der Waals surface area contributed by atoms with E-state index in [2.05, 4.69) is 5.32 Å². The van der Waals surface area contributed by atoms with Crippen molar-refractivity contribution >= 4 is 29.3 Å². The van der Waals surface area contributed by atoms with Gasteiger partial charge in [-0.15, -0.1) is 0 Å². The monoisotopic (exact) mass is 459 g/mol. The topological polar surface area (TPSA) is 98.8 Å². The van der Waals surface area contributed by atoms with Crippen LogP contribution in [-0.2, 0) is 14.3 Å². The summed E-state index contributed by atoms with van der Waals surface area (Å²) in [5.74, 6) is -1.57. The van der Waals surface area contributed by atoms with E-state index < -0.39 is 24.3 Å². The lowest BCUT2D eigenvalue weighted by Gasteiger charge is -2.09. The van der Waals surface area contributed by atoms with Gasteiger partial charge in [0.1, 0.15) is 5.75 Å². The molecule has 1 amide bonds. The van der Waals surface area contributed by atoms with E-state index in [1.54, 1.807) is 30.3 Å². The molecule has 0 aliphatic rings. The van der Waals surface area contributed by atoms with Crippen LogP contribution in [0.2, 0.25) is 0 Å². The van der Waals surface area contributed by atoms with Crippen LogP contribution in [0.4, 0.5) is 5.69 Å². The molecule has 0 saturated heterocycles. The maximum Gasteiger partial charge on any atom is 0.343 e. The van der Waals surface area contributed by atoms with E-state index in [0.717, 1.165) is 11.1 Å². The molecule has 0 radical (unpaired) electrons. The van der Waals surface area contributed by atoms with Crippen LogP contribution in [-0.4, -0.2) is 30.2 Å². The molecule has 0 spiro atoms. The molecule has 1 N–H and O–H groups in total. The van der Waals surface area contributed by atoms with Gasteiger partial charge in [-0.3, -0.25) is 14.4 Å². The number of amides is 1. The number of anilines is 1. The van der Waals surface area contributed by atoms with Crippen LogP contribution in [0.3, 0.4) is 0 Å². The third kappa shape index (κ3) is 7.13. The van der Waals surface area contributed by atoms with E-state index >= 15 is 0 Å².